The minimum atomic E-state index is 0.416. The van der Waals surface area contributed by atoms with E-state index in [9.17, 15) is 0 Å². The molecule has 1 heterocycles. The Labute approximate surface area is 49.9 Å². The van der Waals surface area contributed by atoms with Gasteiger partial charge in [-0.25, -0.2) is 0 Å². The van der Waals surface area contributed by atoms with Crippen molar-refractivity contribution in [2.24, 2.45) is 0 Å². The second kappa shape index (κ2) is 2.24. The molecule has 1 rings (SSSR count). The molecule has 0 unspecified atom stereocenters. The zero-order valence-electron chi connectivity index (χ0n) is 3.76. The van der Waals surface area contributed by atoms with Crippen molar-refractivity contribution in [3.63, 3.8) is 0 Å². The van der Waals surface area contributed by atoms with Crippen molar-refractivity contribution in [2.75, 3.05) is 0 Å². The zero-order chi connectivity index (χ0) is 5.11. The number of hydrogen-bond acceptors (Lipinski definition) is 0. The Hall–Kier alpha value is -0.143. The van der Waals surface area contributed by atoms with Crippen LogP contribution in [0.25, 0.3) is 0 Å². The van der Waals surface area contributed by atoms with Crippen molar-refractivity contribution in [1.82, 2.24) is 0 Å². The third kappa shape index (κ3) is 1.41. The fourth-order valence-electron chi connectivity index (χ4n) is 0.415. The second-order valence-corrected chi connectivity index (χ2v) is 2.89. The summed E-state index contributed by atoms with van der Waals surface area (Å²) in [4.78, 5) is 0. The van der Waals surface area contributed by atoms with Crippen LogP contribution < -0.4 is 0 Å². The maximum Gasteiger partial charge on any atom is 0.0397 e. The lowest BCUT2D eigenvalue weighted by atomic mass is 10.6. The van der Waals surface area contributed by atoms with Crippen molar-refractivity contribution < 1.29 is 0 Å². The van der Waals surface area contributed by atoms with Crippen LogP contribution in [0.4, 0.5) is 0 Å². The molecule has 0 aromatic carbocycles. The summed E-state index contributed by atoms with van der Waals surface area (Å²) < 4.78 is 0. The Morgan fingerprint density at radius 2 is 1.86 bits per heavy atom. The molecule has 0 spiro atoms. The lowest BCUT2D eigenvalue weighted by molar-refractivity contribution is 1.86. The molecule has 0 aliphatic rings. The lowest BCUT2D eigenvalue weighted by Gasteiger charge is -1.79. The first-order valence-electron chi connectivity index (χ1n) is 2.10. The van der Waals surface area contributed by atoms with Gasteiger partial charge in [0.25, 0.3) is 0 Å². The molecule has 0 N–H and O–H groups in total. The molecule has 0 amide bonds. The van der Waals surface area contributed by atoms with Gasteiger partial charge in [0.15, 0.2) is 0 Å². The summed E-state index contributed by atoms with van der Waals surface area (Å²) in [5.74, 6) is 0. The Kier molecular flexibility index (Phi) is 1.60. The van der Waals surface area contributed by atoms with E-state index in [1.54, 1.807) is 0 Å². The molecule has 36 valence electrons. The molecule has 0 saturated carbocycles. The minimum Gasteiger partial charge on any atom is -0.0844 e. The van der Waals surface area contributed by atoms with E-state index in [1.807, 2.05) is 12.1 Å². The van der Waals surface area contributed by atoms with Gasteiger partial charge in [0, 0.05) is 14.1 Å². The smallest absolute Gasteiger partial charge is 0.0397 e. The Balaban J connectivity index is 3.02. The predicted octanol–water partition coefficient (Wildman–Crippen LogP) is 1.41. The fourth-order valence-corrected chi connectivity index (χ4v) is 1.57. The number of hydrogen-bond donors (Lipinski definition) is 0. The van der Waals surface area contributed by atoms with Gasteiger partial charge in [-0.2, -0.15) is 0 Å². The van der Waals surface area contributed by atoms with Crippen molar-refractivity contribution >= 4 is 20.7 Å². The Morgan fingerprint density at radius 3 is 2.14 bits per heavy atom. The molecule has 1 aromatic heterocycles. The lowest BCUT2D eigenvalue weighted by Crippen LogP contribution is -1.64. The van der Waals surface area contributed by atoms with Gasteiger partial charge in [0.05, 0.1) is 0 Å². The van der Waals surface area contributed by atoms with Crippen LogP contribution in [-0.2, 0) is 0 Å². The first-order chi connectivity index (χ1) is 3.39. The molecule has 7 heavy (non-hydrogen) atoms. The molecular weight excluding hydrogens is 124 g/mol. The summed E-state index contributed by atoms with van der Waals surface area (Å²) in [5, 5.41) is 0.846. The Bertz CT molecular complexity index is 138. The van der Waals surface area contributed by atoms with Gasteiger partial charge in [-0.15, -0.1) is 0 Å². The molecule has 0 fully saturated rings. The van der Waals surface area contributed by atoms with Crippen LogP contribution in [0.2, 0.25) is 5.02 Å². The zero-order valence-corrected chi connectivity index (χ0v) is 5.68. The Morgan fingerprint density at radius 1 is 1.29 bits per heavy atom. The van der Waals surface area contributed by atoms with E-state index in [4.69, 9.17) is 11.6 Å². The van der Waals surface area contributed by atoms with Gasteiger partial charge in [-0.3, -0.25) is 0 Å². The van der Waals surface area contributed by atoms with Crippen molar-refractivity contribution in [3.8, 4) is 0 Å². The summed E-state index contributed by atoms with van der Waals surface area (Å²) in [5.41, 5.74) is 4.23. The highest BCUT2D eigenvalue weighted by molar-refractivity contribution is 6.33. The normalized spacial score (nSPS) is 8.71. The van der Waals surface area contributed by atoms with E-state index in [0.29, 0.717) is 9.12 Å². The molecule has 0 bridgehead atoms. The van der Waals surface area contributed by atoms with Crippen molar-refractivity contribution in [2.45, 2.75) is 0 Å². The summed E-state index contributed by atoms with van der Waals surface area (Å²) in [6.07, 6.45) is 0. The van der Waals surface area contributed by atoms with Gasteiger partial charge in [-0.1, -0.05) is 23.0 Å². The van der Waals surface area contributed by atoms with Crippen LogP contribution in [0.1, 0.15) is 0 Å². The van der Waals surface area contributed by atoms with E-state index in [2.05, 4.69) is 11.4 Å². The standard InChI is InChI=1S/C5H5ClSi/c6-5-1-3-7-4-2-5/h1-4,7H. The molecule has 1 aromatic rings. The van der Waals surface area contributed by atoms with Gasteiger partial charge >= 0.3 is 0 Å². The van der Waals surface area contributed by atoms with Crippen LogP contribution >= 0.6 is 11.6 Å². The average molecular weight is 129 g/mol. The van der Waals surface area contributed by atoms with Gasteiger partial charge in [-0.05, 0) is 12.1 Å². The van der Waals surface area contributed by atoms with E-state index >= 15 is 0 Å². The van der Waals surface area contributed by atoms with E-state index in [-0.39, 0.29) is 0 Å². The number of rotatable bonds is 0. The molecule has 0 saturated heterocycles. The number of halogens is 1. The van der Waals surface area contributed by atoms with Crippen LogP contribution in [0.5, 0.6) is 0 Å². The summed E-state index contributed by atoms with van der Waals surface area (Å²) in [6, 6.07) is 3.88. The SMILES string of the molecule is Clc1cc[siH]cc1. The van der Waals surface area contributed by atoms with Crippen LogP contribution in [0.15, 0.2) is 23.5 Å². The largest absolute Gasteiger partial charge is 0.0844 e. The van der Waals surface area contributed by atoms with E-state index < -0.39 is 0 Å². The minimum absolute atomic E-state index is 0.416. The predicted molar refractivity (Wildman–Crippen MR) is 34.2 cm³/mol. The molecule has 0 aliphatic carbocycles. The average Bonchev–Trinajstić information content (AvgIpc) is 1.69. The third-order valence-electron chi connectivity index (χ3n) is 0.733. The molecule has 0 atom stereocenters. The molecule has 0 nitrogen and oxygen atoms in total. The summed E-state index contributed by atoms with van der Waals surface area (Å²) in [6.45, 7) is 0. The highest BCUT2D eigenvalue weighted by Gasteiger charge is 1.75. The fraction of sp³-hybridized carbons (Fsp3) is 0. The molecule has 0 radical (unpaired) electrons. The second-order valence-electron chi connectivity index (χ2n) is 1.30. The van der Waals surface area contributed by atoms with E-state index in [1.165, 1.54) is 0 Å². The van der Waals surface area contributed by atoms with Crippen LogP contribution in [-0.4, -0.2) is 9.12 Å². The van der Waals surface area contributed by atoms with Crippen LogP contribution in [0.3, 0.4) is 0 Å². The van der Waals surface area contributed by atoms with Crippen LogP contribution in [0, 0.1) is 0 Å². The third-order valence-corrected chi connectivity index (χ3v) is 1.81. The summed E-state index contributed by atoms with van der Waals surface area (Å²) in [7, 11) is 0.416. The first kappa shape index (κ1) is 5.00. The molecule has 0 aliphatic heterocycles. The highest BCUT2D eigenvalue weighted by Crippen LogP contribution is 2.01. The first-order valence-corrected chi connectivity index (χ1v) is 3.81. The quantitative estimate of drug-likeness (QED) is 0.464. The maximum absolute atomic E-state index is 5.57. The summed E-state index contributed by atoms with van der Waals surface area (Å²) >= 11 is 5.57. The topological polar surface area (TPSA) is 0 Å². The molecular formula is C5H5ClSi. The van der Waals surface area contributed by atoms with Crippen molar-refractivity contribution in [3.05, 3.63) is 28.5 Å². The van der Waals surface area contributed by atoms with Gasteiger partial charge < -0.3 is 0 Å². The van der Waals surface area contributed by atoms with Gasteiger partial charge in [0.1, 0.15) is 0 Å². The highest BCUT2D eigenvalue weighted by atomic mass is 35.5. The monoisotopic (exact) mass is 128 g/mol. The van der Waals surface area contributed by atoms with Crippen molar-refractivity contribution in [1.29, 1.82) is 0 Å². The van der Waals surface area contributed by atoms with E-state index in [0.717, 1.165) is 5.02 Å². The maximum atomic E-state index is 5.57. The van der Waals surface area contributed by atoms with Gasteiger partial charge in [0.2, 0.25) is 0 Å². The molecule has 2 heteroatoms.